The summed E-state index contributed by atoms with van der Waals surface area (Å²) in [4.78, 5) is 0. The number of halogens is 2. The second kappa shape index (κ2) is 7.22. The molecule has 0 radical (unpaired) electrons. The molecule has 1 aliphatic rings. The smallest absolute Gasteiger partial charge is 0.145 e. The van der Waals surface area contributed by atoms with Crippen molar-refractivity contribution in [2.45, 2.75) is 44.3 Å². The molecule has 1 aliphatic carbocycles. The van der Waals surface area contributed by atoms with Crippen LogP contribution in [-0.4, -0.2) is 14.7 Å². The maximum absolute atomic E-state index is 12.5. The van der Waals surface area contributed by atoms with Crippen LogP contribution < -0.4 is 0 Å². The summed E-state index contributed by atoms with van der Waals surface area (Å²) < 4.78 is 16.7. The van der Waals surface area contributed by atoms with Gasteiger partial charge in [-0.15, -0.1) is 0 Å². The third-order valence-corrected chi connectivity index (χ3v) is 6.55. The maximum Gasteiger partial charge on any atom is 0.145 e. The van der Waals surface area contributed by atoms with Crippen LogP contribution in [0.3, 0.4) is 0 Å². The molecule has 0 saturated carbocycles. The Morgan fingerprint density at radius 2 is 1.80 bits per heavy atom. The van der Waals surface area contributed by atoms with E-state index in [1.54, 1.807) is 0 Å². The Labute approximate surface area is 161 Å². The number of benzene rings is 2. The lowest BCUT2D eigenvalue weighted by Gasteiger charge is -2.27. The summed E-state index contributed by atoms with van der Waals surface area (Å²) in [6.07, 6.45) is 1.71. The van der Waals surface area contributed by atoms with Crippen molar-refractivity contribution in [1.29, 1.82) is 0 Å². The summed E-state index contributed by atoms with van der Waals surface area (Å²) in [6, 6.07) is 14.1. The molecule has 5 heteroatoms. The number of nitrogens with zero attached hydrogens (tertiary/aromatic N) is 1. The van der Waals surface area contributed by atoms with Gasteiger partial charge in [0.2, 0.25) is 0 Å². The Balaban J connectivity index is 2.03. The van der Waals surface area contributed by atoms with Gasteiger partial charge in [-0.25, -0.2) is 4.21 Å². The number of hydrogen-bond donors (Lipinski definition) is 0. The van der Waals surface area contributed by atoms with E-state index in [1.807, 2.05) is 51.1 Å². The van der Waals surface area contributed by atoms with Crippen LogP contribution in [0, 0.1) is 0 Å². The number of hydrogen-bond acceptors (Lipinski definition) is 1. The Kier molecular flexibility index (Phi) is 5.38. The first-order chi connectivity index (χ1) is 11.8. The van der Waals surface area contributed by atoms with Crippen molar-refractivity contribution in [3.8, 4) is 0 Å². The fraction of sp³-hybridized carbons (Fsp3) is 0.350. The van der Waals surface area contributed by atoms with E-state index in [0.29, 0.717) is 10.0 Å². The van der Waals surface area contributed by atoms with Crippen LogP contribution in [0.4, 0.5) is 0 Å². The topological polar surface area (TPSA) is 29.4 Å². The van der Waals surface area contributed by atoms with Crippen LogP contribution in [0.25, 0.3) is 0 Å². The molecule has 2 aromatic rings. The molecular weight excluding hydrogens is 373 g/mol. The van der Waals surface area contributed by atoms with Crippen molar-refractivity contribution in [2.75, 3.05) is 0 Å². The Morgan fingerprint density at radius 1 is 1.08 bits per heavy atom. The van der Waals surface area contributed by atoms with Gasteiger partial charge in [0.1, 0.15) is 11.0 Å². The van der Waals surface area contributed by atoms with E-state index in [2.05, 4.69) is 16.5 Å². The van der Waals surface area contributed by atoms with Crippen molar-refractivity contribution in [1.82, 2.24) is 0 Å². The molecule has 0 unspecified atom stereocenters. The molecule has 3 rings (SSSR count). The summed E-state index contributed by atoms with van der Waals surface area (Å²) >= 11 is 12.3. The molecule has 0 amide bonds. The molecular formula is C20H21Cl2NOS. The molecule has 0 aromatic heterocycles. The van der Waals surface area contributed by atoms with Gasteiger partial charge in [0.25, 0.3) is 0 Å². The SMILES string of the molecule is CC(C)(C)[S@@](=O)/N=C1\CC[C@@H](c2ccc(Cl)c(Cl)c2)c2ccccc21. The zero-order valence-corrected chi connectivity index (χ0v) is 16.9. The third-order valence-electron chi connectivity index (χ3n) is 4.38. The molecule has 2 nitrogen and oxygen atoms in total. The van der Waals surface area contributed by atoms with Gasteiger partial charge < -0.3 is 0 Å². The molecule has 0 aliphatic heterocycles. The lowest BCUT2D eigenvalue weighted by Crippen LogP contribution is -2.23. The highest BCUT2D eigenvalue weighted by Gasteiger charge is 2.27. The van der Waals surface area contributed by atoms with E-state index in [9.17, 15) is 4.21 Å². The van der Waals surface area contributed by atoms with E-state index < -0.39 is 11.0 Å². The van der Waals surface area contributed by atoms with Crippen molar-refractivity contribution in [3.63, 3.8) is 0 Å². The minimum atomic E-state index is -1.26. The van der Waals surface area contributed by atoms with E-state index >= 15 is 0 Å². The Morgan fingerprint density at radius 3 is 2.48 bits per heavy atom. The minimum Gasteiger partial charge on any atom is -0.234 e. The van der Waals surface area contributed by atoms with Gasteiger partial charge in [-0.1, -0.05) is 53.5 Å². The first kappa shape index (κ1) is 18.6. The van der Waals surface area contributed by atoms with Crippen LogP contribution in [0.1, 0.15) is 56.2 Å². The van der Waals surface area contributed by atoms with Crippen LogP contribution in [0.2, 0.25) is 10.0 Å². The fourth-order valence-corrected chi connectivity index (χ4v) is 4.01. The van der Waals surface area contributed by atoms with Crippen LogP contribution in [-0.2, 0) is 11.0 Å². The van der Waals surface area contributed by atoms with Crippen molar-refractivity contribution < 1.29 is 4.21 Å². The largest absolute Gasteiger partial charge is 0.234 e. The van der Waals surface area contributed by atoms with E-state index in [-0.39, 0.29) is 10.7 Å². The summed E-state index contributed by atoms with van der Waals surface area (Å²) in [5.41, 5.74) is 4.37. The number of rotatable bonds is 2. The van der Waals surface area contributed by atoms with Crippen molar-refractivity contribution in [2.24, 2.45) is 4.40 Å². The zero-order chi connectivity index (χ0) is 18.2. The van der Waals surface area contributed by atoms with Gasteiger partial charge in [-0.3, -0.25) is 0 Å². The van der Waals surface area contributed by atoms with Gasteiger partial charge in [0.15, 0.2) is 0 Å². The Hall–Kier alpha value is -1.16. The first-order valence-electron chi connectivity index (χ1n) is 8.31. The molecule has 2 atom stereocenters. The summed E-state index contributed by atoms with van der Waals surface area (Å²) in [6.45, 7) is 5.83. The molecule has 2 aromatic carbocycles. The van der Waals surface area contributed by atoms with E-state index in [1.165, 1.54) is 5.56 Å². The quantitative estimate of drug-likeness (QED) is 0.599. The van der Waals surface area contributed by atoms with Gasteiger partial charge in [-0.2, -0.15) is 4.40 Å². The predicted octanol–water partition coefficient (Wildman–Crippen LogP) is 6.17. The fourth-order valence-electron chi connectivity index (χ4n) is 3.04. The molecule has 0 N–H and O–H groups in total. The lowest BCUT2D eigenvalue weighted by atomic mass is 9.78. The van der Waals surface area contributed by atoms with Crippen molar-refractivity contribution >= 4 is 39.9 Å². The normalized spacial score (nSPS) is 20.4. The average molecular weight is 394 g/mol. The standard InChI is InChI=1S/C20H21Cl2NOS/c1-20(2,3)25(24)23-19-11-9-14(15-6-4-5-7-16(15)19)13-8-10-17(21)18(22)12-13/h4-8,10,12,14H,9,11H2,1-3H3/b23-19+/t14-,25+/m0/s1. The molecule has 25 heavy (non-hydrogen) atoms. The predicted molar refractivity (Wildman–Crippen MR) is 108 cm³/mol. The highest BCUT2D eigenvalue weighted by molar-refractivity contribution is 7.85. The molecule has 0 saturated heterocycles. The van der Waals surface area contributed by atoms with Crippen LogP contribution in [0.15, 0.2) is 46.9 Å². The van der Waals surface area contributed by atoms with Gasteiger partial charge in [-0.05, 0) is 56.9 Å². The third kappa shape index (κ3) is 3.99. The molecule has 0 spiro atoms. The first-order valence-corrected chi connectivity index (χ1v) is 10.2. The second-order valence-corrected chi connectivity index (χ2v) is 9.97. The van der Waals surface area contributed by atoms with Gasteiger partial charge in [0, 0.05) is 11.5 Å². The second-order valence-electron chi connectivity index (χ2n) is 7.25. The average Bonchev–Trinajstić information content (AvgIpc) is 2.57. The van der Waals surface area contributed by atoms with Crippen LogP contribution in [0.5, 0.6) is 0 Å². The maximum atomic E-state index is 12.5. The van der Waals surface area contributed by atoms with Gasteiger partial charge in [0.05, 0.1) is 20.5 Å². The summed E-state index contributed by atoms with van der Waals surface area (Å²) in [5.74, 6) is 0.244. The van der Waals surface area contributed by atoms with Crippen LogP contribution >= 0.6 is 23.2 Å². The molecule has 0 heterocycles. The monoisotopic (exact) mass is 393 g/mol. The minimum absolute atomic E-state index is 0.244. The van der Waals surface area contributed by atoms with Gasteiger partial charge >= 0.3 is 0 Å². The highest BCUT2D eigenvalue weighted by Crippen LogP contribution is 2.39. The van der Waals surface area contributed by atoms with E-state index in [0.717, 1.165) is 29.7 Å². The molecule has 132 valence electrons. The zero-order valence-electron chi connectivity index (χ0n) is 14.6. The van der Waals surface area contributed by atoms with E-state index in [4.69, 9.17) is 23.2 Å². The summed E-state index contributed by atoms with van der Waals surface area (Å²) in [5, 5.41) is 1.14. The molecule has 0 bridgehead atoms. The summed E-state index contributed by atoms with van der Waals surface area (Å²) in [7, 11) is -1.26. The number of fused-ring (bicyclic) bond motifs is 1. The highest BCUT2D eigenvalue weighted by atomic mass is 35.5. The lowest BCUT2D eigenvalue weighted by molar-refractivity contribution is 0.650. The Bertz CT molecular complexity index is 855. The molecule has 0 fully saturated rings. The van der Waals surface area contributed by atoms with Crippen molar-refractivity contribution in [3.05, 3.63) is 69.2 Å².